The Hall–Kier alpha value is -2.63. The summed E-state index contributed by atoms with van der Waals surface area (Å²) < 4.78 is 0. The number of aromatic nitrogens is 3. The molecule has 2 heterocycles. The fourth-order valence-corrected chi connectivity index (χ4v) is 2.80. The van der Waals surface area contributed by atoms with E-state index < -0.39 is 0 Å². The number of nitrogens with one attached hydrogen (secondary N) is 2. The predicted octanol–water partition coefficient (Wildman–Crippen LogP) is 2.56. The van der Waals surface area contributed by atoms with Gasteiger partial charge in [-0.2, -0.15) is 5.10 Å². The van der Waals surface area contributed by atoms with E-state index in [0.717, 1.165) is 35.1 Å². The van der Waals surface area contributed by atoms with Crippen LogP contribution in [0.15, 0.2) is 24.4 Å². The third kappa shape index (κ3) is 1.33. The van der Waals surface area contributed by atoms with Crippen molar-refractivity contribution in [1.82, 2.24) is 15.2 Å². The molecular weight excluding hydrogens is 244 g/mol. The first-order chi connectivity index (χ1) is 9.24. The molecule has 1 aliphatic rings. The lowest BCUT2D eigenvalue weighted by atomic mass is 9.94. The monoisotopic (exact) mass is 254 g/mol. The van der Waals surface area contributed by atoms with E-state index in [9.17, 15) is 10.1 Å². The first-order valence-corrected chi connectivity index (χ1v) is 6.06. The van der Waals surface area contributed by atoms with Crippen molar-refractivity contribution in [1.29, 1.82) is 0 Å². The molecule has 0 spiro atoms. The zero-order valence-corrected chi connectivity index (χ0v) is 9.93. The largest absolute Gasteiger partial charge is 0.353 e. The maximum absolute atomic E-state index is 10.8. The number of H-pyrrole nitrogens is 2. The highest BCUT2D eigenvalue weighted by Crippen LogP contribution is 2.36. The number of nitro groups is 1. The quantitative estimate of drug-likeness (QED) is 0.516. The van der Waals surface area contributed by atoms with Crippen LogP contribution < -0.4 is 0 Å². The lowest BCUT2D eigenvalue weighted by Crippen LogP contribution is -2.00. The molecule has 6 nitrogen and oxygen atoms in total. The molecular formula is C13H10N4O2. The molecule has 1 aromatic carbocycles. The molecule has 2 aromatic heterocycles. The Labute approximate surface area is 107 Å². The van der Waals surface area contributed by atoms with Crippen molar-refractivity contribution in [3.05, 3.63) is 45.6 Å². The number of aryl methyl sites for hydroxylation is 2. The summed E-state index contributed by atoms with van der Waals surface area (Å²) in [5, 5.41) is 19.0. The number of non-ortho nitro benzene ring substituents is 1. The molecule has 0 radical (unpaired) electrons. The van der Waals surface area contributed by atoms with E-state index in [1.165, 1.54) is 11.1 Å². The van der Waals surface area contributed by atoms with Crippen LogP contribution in [0.1, 0.15) is 11.1 Å². The molecule has 2 N–H and O–H groups in total. The van der Waals surface area contributed by atoms with Crippen molar-refractivity contribution >= 4 is 16.6 Å². The van der Waals surface area contributed by atoms with Gasteiger partial charge in [0.05, 0.1) is 16.1 Å². The highest BCUT2D eigenvalue weighted by atomic mass is 16.6. The molecule has 94 valence electrons. The summed E-state index contributed by atoms with van der Waals surface area (Å²) >= 11 is 0. The molecule has 6 heteroatoms. The zero-order valence-electron chi connectivity index (χ0n) is 9.93. The lowest BCUT2D eigenvalue weighted by molar-refractivity contribution is -0.384. The van der Waals surface area contributed by atoms with Crippen molar-refractivity contribution in [2.45, 2.75) is 12.8 Å². The van der Waals surface area contributed by atoms with Crippen LogP contribution in [0.4, 0.5) is 5.69 Å². The Kier molecular flexibility index (Phi) is 1.87. The summed E-state index contributed by atoms with van der Waals surface area (Å²) in [6, 6.07) is 4.96. The van der Waals surface area contributed by atoms with Crippen molar-refractivity contribution in [3.63, 3.8) is 0 Å². The molecule has 0 saturated carbocycles. The van der Waals surface area contributed by atoms with Crippen LogP contribution in [0, 0.1) is 10.1 Å². The molecule has 0 bridgehead atoms. The molecule has 0 atom stereocenters. The fourth-order valence-electron chi connectivity index (χ4n) is 2.80. The van der Waals surface area contributed by atoms with Gasteiger partial charge < -0.3 is 4.98 Å². The molecule has 3 aromatic rings. The molecule has 0 amide bonds. The number of hydrogen-bond acceptors (Lipinski definition) is 3. The second-order valence-corrected chi connectivity index (χ2v) is 4.72. The van der Waals surface area contributed by atoms with E-state index in [1.807, 2.05) is 12.3 Å². The standard InChI is InChI=1S/C13H10N4O2/c18-17(19)8-2-4-9-10-3-1-7-6-14-16-12(7)13(10)15-11(9)5-8/h2,4-6,15H,1,3H2,(H,14,16). The van der Waals surface area contributed by atoms with E-state index in [0.29, 0.717) is 0 Å². The highest BCUT2D eigenvalue weighted by molar-refractivity contribution is 5.92. The summed E-state index contributed by atoms with van der Waals surface area (Å²) in [6.07, 6.45) is 3.79. The van der Waals surface area contributed by atoms with Gasteiger partial charge in [-0.3, -0.25) is 15.2 Å². The van der Waals surface area contributed by atoms with Gasteiger partial charge in [-0.05, 0) is 30.0 Å². The predicted molar refractivity (Wildman–Crippen MR) is 69.9 cm³/mol. The van der Waals surface area contributed by atoms with E-state index >= 15 is 0 Å². The Morgan fingerprint density at radius 2 is 2.21 bits per heavy atom. The van der Waals surface area contributed by atoms with Gasteiger partial charge >= 0.3 is 0 Å². The zero-order chi connectivity index (χ0) is 13.0. The number of nitro benzene ring substituents is 1. The van der Waals surface area contributed by atoms with Gasteiger partial charge in [-0.1, -0.05) is 0 Å². The maximum atomic E-state index is 10.8. The number of nitrogens with zero attached hydrogens (tertiary/aromatic N) is 2. The van der Waals surface area contributed by atoms with Crippen molar-refractivity contribution < 1.29 is 4.92 Å². The molecule has 0 fully saturated rings. The minimum atomic E-state index is -0.376. The Morgan fingerprint density at radius 3 is 3.05 bits per heavy atom. The van der Waals surface area contributed by atoms with Gasteiger partial charge in [-0.15, -0.1) is 0 Å². The summed E-state index contributed by atoms with van der Waals surface area (Å²) in [5.41, 5.74) is 5.21. The van der Waals surface area contributed by atoms with E-state index in [-0.39, 0.29) is 10.6 Å². The van der Waals surface area contributed by atoms with Gasteiger partial charge in [0.1, 0.15) is 5.69 Å². The first kappa shape index (κ1) is 10.3. The van der Waals surface area contributed by atoms with Crippen LogP contribution in [-0.4, -0.2) is 20.1 Å². The van der Waals surface area contributed by atoms with Gasteiger partial charge in [0.25, 0.3) is 5.69 Å². The SMILES string of the molecule is O=[N+]([O-])c1ccc2c3c([nH]c2c1)-c1n[nH]cc1CC3. The summed E-state index contributed by atoms with van der Waals surface area (Å²) in [5.74, 6) is 0. The van der Waals surface area contributed by atoms with Crippen molar-refractivity contribution in [3.8, 4) is 11.4 Å². The van der Waals surface area contributed by atoms with Crippen molar-refractivity contribution in [2.24, 2.45) is 0 Å². The average Bonchev–Trinajstić information content (AvgIpc) is 3.01. The Bertz CT molecular complexity index is 815. The number of rotatable bonds is 1. The summed E-state index contributed by atoms with van der Waals surface area (Å²) in [7, 11) is 0. The highest BCUT2D eigenvalue weighted by Gasteiger charge is 2.23. The molecule has 4 rings (SSSR count). The topological polar surface area (TPSA) is 87.6 Å². The number of aromatic amines is 2. The summed E-state index contributed by atoms with van der Waals surface area (Å²) in [6.45, 7) is 0. The molecule has 19 heavy (non-hydrogen) atoms. The third-order valence-electron chi connectivity index (χ3n) is 3.70. The third-order valence-corrected chi connectivity index (χ3v) is 3.70. The van der Waals surface area contributed by atoms with E-state index in [2.05, 4.69) is 15.2 Å². The Morgan fingerprint density at radius 1 is 1.32 bits per heavy atom. The van der Waals surface area contributed by atoms with Crippen LogP contribution in [0.3, 0.4) is 0 Å². The average molecular weight is 254 g/mol. The number of fused-ring (bicyclic) bond motifs is 5. The Balaban J connectivity index is 2.01. The lowest BCUT2D eigenvalue weighted by Gasteiger charge is -2.10. The van der Waals surface area contributed by atoms with E-state index in [4.69, 9.17) is 0 Å². The van der Waals surface area contributed by atoms with Crippen LogP contribution in [0.2, 0.25) is 0 Å². The van der Waals surface area contributed by atoms with Crippen LogP contribution in [0.25, 0.3) is 22.3 Å². The molecule has 0 saturated heterocycles. The first-order valence-electron chi connectivity index (χ1n) is 6.06. The number of hydrogen-bond donors (Lipinski definition) is 2. The van der Waals surface area contributed by atoms with Crippen molar-refractivity contribution in [2.75, 3.05) is 0 Å². The maximum Gasteiger partial charge on any atom is 0.271 e. The smallest absolute Gasteiger partial charge is 0.271 e. The molecule has 0 aliphatic heterocycles. The number of benzene rings is 1. The second kappa shape index (κ2) is 3.44. The van der Waals surface area contributed by atoms with Gasteiger partial charge in [0.15, 0.2) is 0 Å². The minimum absolute atomic E-state index is 0.105. The fraction of sp³-hybridized carbons (Fsp3) is 0.154. The van der Waals surface area contributed by atoms with Gasteiger partial charge in [0, 0.05) is 23.7 Å². The minimum Gasteiger partial charge on any atom is -0.353 e. The van der Waals surface area contributed by atoms with Crippen LogP contribution >= 0.6 is 0 Å². The van der Waals surface area contributed by atoms with Gasteiger partial charge in [0.2, 0.25) is 0 Å². The second-order valence-electron chi connectivity index (χ2n) is 4.72. The van der Waals surface area contributed by atoms with Crippen LogP contribution in [0.5, 0.6) is 0 Å². The van der Waals surface area contributed by atoms with Gasteiger partial charge in [-0.25, -0.2) is 0 Å². The van der Waals surface area contributed by atoms with E-state index in [1.54, 1.807) is 12.1 Å². The molecule has 0 unspecified atom stereocenters. The summed E-state index contributed by atoms with van der Waals surface area (Å²) in [4.78, 5) is 13.7. The normalized spacial score (nSPS) is 13.3. The molecule has 1 aliphatic carbocycles. The van der Waals surface area contributed by atoms with Crippen LogP contribution in [-0.2, 0) is 12.8 Å².